The van der Waals surface area contributed by atoms with E-state index in [2.05, 4.69) is 31.1 Å². The van der Waals surface area contributed by atoms with Crippen LogP contribution in [0.2, 0.25) is 19.6 Å². The molecule has 16 heavy (non-hydrogen) atoms. The maximum atomic E-state index is 11.1. The van der Waals surface area contributed by atoms with Crippen molar-refractivity contribution >= 4 is 18.2 Å². The first kappa shape index (κ1) is 15.7. The van der Waals surface area contributed by atoms with Crippen LogP contribution in [0.3, 0.4) is 0 Å². The van der Waals surface area contributed by atoms with Crippen LogP contribution >= 0.6 is 0 Å². The predicted octanol–water partition coefficient (Wildman–Crippen LogP) is 2.26. The molecule has 0 N–H and O–H groups in total. The third-order valence-corrected chi connectivity index (χ3v) is 3.48. The first-order chi connectivity index (χ1) is 7.05. The van der Waals surface area contributed by atoms with Gasteiger partial charge in [0.1, 0.15) is 14.2 Å². The van der Waals surface area contributed by atoms with Gasteiger partial charge in [-0.1, -0.05) is 45.8 Å². The van der Waals surface area contributed by atoms with Crippen LogP contribution in [0.15, 0.2) is 0 Å². The normalized spacial score (nSPS) is 16.1. The minimum Gasteiger partial charge on any atom is -0.254 e. The molecule has 2 atom stereocenters. The molecule has 0 bridgehead atoms. The van der Waals surface area contributed by atoms with Gasteiger partial charge in [-0.15, -0.1) is 5.54 Å². The van der Waals surface area contributed by atoms with Gasteiger partial charge < -0.3 is 0 Å². The monoisotopic (exact) mass is 262 g/mol. The first-order valence-corrected chi connectivity index (χ1v) is 10.8. The summed E-state index contributed by atoms with van der Waals surface area (Å²) in [4.78, 5) is 0. The van der Waals surface area contributed by atoms with Gasteiger partial charge in [0.2, 0.25) is 0 Å². The van der Waals surface area contributed by atoms with Crippen molar-refractivity contribution in [3.05, 3.63) is 0 Å². The zero-order valence-electron chi connectivity index (χ0n) is 11.0. The van der Waals surface area contributed by atoms with Crippen molar-refractivity contribution in [2.24, 2.45) is 5.92 Å². The summed E-state index contributed by atoms with van der Waals surface area (Å²) in [7, 11) is -4.92. The average molecular weight is 262 g/mol. The standard InChI is InChI=1S/C11H22O3SSi/c1-7-10(2)11(14-15(3,12)13)8-9-16(4,5)6/h10-11H,7H2,1-6H3. The van der Waals surface area contributed by atoms with Crippen LogP contribution < -0.4 is 0 Å². The highest BCUT2D eigenvalue weighted by Crippen LogP contribution is 2.13. The lowest BCUT2D eigenvalue weighted by molar-refractivity contribution is 0.202. The molecule has 0 radical (unpaired) electrons. The van der Waals surface area contributed by atoms with Crippen molar-refractivity contribution in [1.29, 1.82) is 0 Å². The van der Waals surface area contributed by atoms with E-state index in [4.69, 9.17) is 4.18 Å². The van der Waals surface area contributed by atoms with Crippen molar-refractivity contribution in [2.45, 2.75) is 46.0 Å². The molecule has 0 aromatic rings. The molecule has 0 spiro atoms. The molecule has 0 rings (SSSR count). The molecule has 3 nitrogen and oxygen atoms in total. The maximum absolute atomic E-state index is 11.1. The lowest BCUT2D eigenvalue weighted by Gasteiger charge is -2.17. The molecule has 0 heterocycles. The van der Waals surface area contributed by atoms with Crippen LogP contribution in [-0.2, 0) is 14.3 Å². The molecule has 0 aliphatic carbocycles. The quantitative estimate of drug-likeness (QED) is 0.443. The van der Waals surface area contributed by atoms with Gasteiger partial charge in [0.15, 0.2) is 0 Å². The summed E-state index contributed by atoms with van der Waals surface area (Å²) in [6, 6.07) is 0. The van der Waals surface area contributed by atoms with Crippen LogP contribution in [0.5, 0.6) is 0 Å². The molecule has 0 aliphatic rings. The highest BCUT2D eigenvalue weighted by atomic mass is 32.2. The Morgan fingerprint density at radius 3 is 2.12 bits per heavy atom. The summed E-state index contributed by atoms with van der Waals surface area (Å²) < 4.78 is 27.2. The lowest BCUT2D eigenvalue weighted by atomic mass is 10.0. The van der Waals surface area contributed by atoms with E-state index in [0.29, 0.717) is 0 Å². The van der Waals surface area contributed by atoms with Crippen LogP contribution in [0.4, 0.5) is 0 Å². The van der Waals surface area contributed by atoms with Gasteiger partial charge in [-0.2, -0.15) is 8.42 Å². The summed E-state index contributed by atoms with van der Waals surface area (Å²) in [5.74, 6) is 3.10. The Balaban J connectivity index is 4.88. The topological polar surface area (TPSA) is 43.4 Å². The minimum atomic E-state index is -3.43. The summed E-state index contributed by atoms with van der Waals surface area (Å²) in [6.07, 6.45) is 1.41. The Kier molecular flexibility index (Phi) is 5.74. The second-order valence-electron chi connectivity index (χ2n) is 5.13. The highest BCUT2D eigenvalue weighted by molar-refractivity contribution is 7.86. The number of rotatable bonds is 4. The van der Waals surface area contributed by atoms with E-state index in [-0.39, 0.29) is 5.92 Å². The fourth-order valence-electron chi connectivity index (χ4n) is 0.951. The molecule has 0 aromatic heterocycles. The van der Waals surface area contributed by atoms with Crippen LogP contribution in [0.1, 0.15) is 20.3 Å². The number of hydrogen-bond donors (Lipinski definition) is 0. The van der Waals surface area contributed by atoms with E-state index in [1.165, 1.54) is 0 Å². The second-order valence-corrected chi connectivity index (χ2v) is 11.5. The molecule has 0 aromatic carbocycles. The second kappa shape index (κ2) is 5.85. The molecular weight excluding hydrogens is 240 g/mol. The molecule has 0 aliphatic heterocycles. The van der Waals surface area contributed by atoms with E-state index in [0.717, 1.165) is 12.7 Å². The summed E-state index contributed by atoms with van der Waals surface area (Å²) in [5.41, 5.74) is 3.16. The van der Waals surface area contributed by atoms with E-state index in [9.17, 15) is 8.42 Å². The Bertz CT molecular complexity index is 370. The van der Waals surface area contributed by atoms with E-state index in [1.54, 1.807) is 0 Å². The van der Waals surface area contributed by atoms with Crippen molar-refractivity contribution in [2.75, 3.05) is 6.26 Å². The van der Waals surface area contributed by atoms with Gasteiger partial charge in [-0.25, -0.2) is 0 Å². The molecule has 2 unspecified atom stereocenters. The van der Waals surface area contributed by atoms with Gasteiger partial charge >= 0.3 is 0 Å². The molecule has 0 amide bonds. The van der Waals surface area contributed by atoms with Gasteiger partial charge in [0.05, 0.1) is 6.26 Å². The van der Waals surface area contributed by atoms with E-state index in [1.807, 2.05) is 13.8 Å². The fraction of sp³-hybridized carbons (Fsp3) is 0.818. The molecule has 0 saturated carbocycles. The smallest absolute Gasteiger partial charge is 0.254 e. The Morgan fingerprint density at radius 1 is 1.31 bits per heavy atom. The van der Waals surface area contributed by atoms with Gasteiger partial charge in [0, 0.05) is 0 Å². The van der Waals surface area contributed by atoms with Gasteiger partial charge in [-0.3, -0.25) is 4.18 Å². The molecule has 5 heteroatoms. The third-order valence-electron chi connectivity index (χ3n) is 2.03. The average Bonchev–Trinajstić information content (AvgIpc) is 2.07. The maximum Gasteiger partial charge on any atom is 0.265 e. The van der Waals surface area contributed by atoms with Crippen molar-refractivity contribution in [3.8, 4) is 11.5 Å². The Labute approximate surface area is 101 Å². The Morgan fingerprint density at radius 2 is 1.81 bits per heavy atom. The fourth-order valence-corrected chi connectivity index (χ4v) is 2.14. The summed E-state index contributed by atoms with van der Waals surface area (Å²) >= 11 is 0. The molecule has 0 fully saturated rings. The molecule has 0 saturated heterocycles. The van der Waals surface area contributed by atoms with E-state index >= 15 is 0 Å². The first-order valence-electron chi connectivity index (χ1n) is 5.46. The van der Waals surface area contributed by atoms with Crippen LogP contribution in [0.25, 0.3) is 0 Å². The number of hydrogen-bond acceptors (Lipinski definition) is 3. The summed E-state index contributed by atoms with van der Waals surface area (Å²) in [5, 5.41) is 0. The molecule has 94 valence electrons. The Hall–Kier alpha value is -0.313. The van der Waals surface area contributed by atoms with Crippen LogP contribution in [0, 0.1) is 17.4 Å². The van der Waals surface area contributed by atoms with Gasteiger partial charge in [-0.05, 0) is 5.92 Å². The SMILES string of the molecule is CCC(C)C(C#C[Si](C)(C)C)OS(C)(=O)=O. The van der Waals surface area contributed by atoms with E-state index < -0.39 is 24.3 Å². The zero-order valence-corrected chi connectivity index (χ0v) is 12.8. The zero-order chi connectivity index (χ0) is 13.0. The summed E-state index contributed by atoms with van der Waals surface area (Å²) in [6.45, 7) is 10.3. The van der Waals surface area contributed by atoms with Crippen LogP contribution in [-0.4, -0.2) is 28.9 Å². The molecular formula is C11H22O3SSi. The third kappa shape index (κ3) is 7.91. The largest absolute Gasteiger partial charge is 0.265 e. The highest BCUT2D eigenvalue weighted by Gasteiger charge is 2.20. The van der Waals surface area contributed by atoms with Crippen molar-refractivity contribution < 1.29 is 12.6 Å². The van der Waals surface area contributed by atoms with Gasteiger partial charge in [0.25, 0.3) is 10.1 Å². The lowest BCUT2D eigenvalue weighted by Crippen LogP contribution is -2.25. The van der Waals surface area contributed by atoms with Crippen molar-refractivity contribution in [3.63, 3.8) is 0 Å². The predicted molar refractivity (Wildman–Crippen MR) is 70.3 cm³/mol. The van der Waals surface area contributed by atoms with Crippen molar-refractivity contribution in [1.82, 2.24) is 0 Å². The minimum absolute atomic E-state index is 0.124.